The number of rotatable bonds is 6. The lowest BCUT2D eigenvalue weighted by atomic mass is 10.1. The van der Waals surface area contributed by atoms with Gasteiger partial charge in [0.15, 0.2) is 0 Å². The summed E-state index contributed by atoms with van der Waals surface area (Å²) in [6.45, 7) is 6.48. The Labute approximate surface area is 155 Å². The van der Waals surface area contributed by atoms with E-state index < -0.39 is 0 Å². The molecule has 2 heterocycles. The van der Waals surface area contributed by atoms with Gasteiger partial charge in [-0.15, -0.1) is 11.3 Å². The summed E-state index contributed by atoms with van der Waals surface area (Å²) in [4.78, 5) is 5.47. The molecule has 6 heteroatoms. The van der Waals surface area contributed by atoms with Crippen LogP contribution in [0.15, 0.2) is 68.7 Å². The fourth-order valence-corrected chi connectivity index (χ4v) is 3.68. The molecule has 0 aliphatic rings. The Kier molecular flexibility index (Phi) is 5.63. The van der Waals surface area contributed by atoms with Crippen molar-refractivity contribution in [1.82, 2.24) is 4.68 Å². The van der Waals surface area contributed by atoms with Crippen LogP contribution in [0.25, 0.3) is 11.3 Å². The minimum absolute atomic E-state index is 0.583. The third-order valence-electron chi connectivity index (χ3n) is 3.42. The predicted octanol–water partition coefficient (Wildman–Crippen LogP) is 4.65. The normalized spacial score (nSPS) is 12.0. The average Bonchev–Trinajstić information content (AvgIpc) is 3.27. The molecule has 1 aromatic carbocycles. The zero-order valence-corrected chi connectivity index (χ0v) is 15.8. The SMILES string of the molecule is C=C(C)CN=c1scc(-c2ccccc2OC)n1N=Cc1ccsc1. The number of hydrogen-bond acceptors (Lipinski definition) is 5. The maximum atomic E-state index is 5.51. The molecule has 0 aliphatic carbocycles. The van der Waals surface area contributed by atoms with Crippen LogP contribution in [0.1, 0.15) is 12.5 Å². The number of benzene rings is 1. The van der Waals surface area contributed by atoms with Gasteiger partial charge in [-0.25, -0.2) is 4.68 Å². The number of para-hydroxylation sites is 1. The van der Waals surface area contributed by atoms with Crippen LogP contribution in [0.2, 0.25) is 0 Å². The van der Waals surface area contributed by atoms with Gasteiger partial charge in [0, 0.05) is 16.5 Å². The summed E-state index contributed by atoms with van der Waals surface area (Å²) in [6, 6.07) is 9.96. The van der Waals surface area contributed by atoms with E-state index in [-0.39, 0.29) is 0 Å². The Morgan fingerprint density at radius 1 is 1.28 bits per heavy atom. The van der Waals surface area contributed by atoms with E-state index in [1.165, 1.54) is 0 Å². The Hall–Kier alpha value is -2.44. The standard InChI is InChI=1S/C19H19N3OS2/c1-14(2)10-20-19-22(21-11-15-8-9-24-12-15)17(13-25-19)16-6-4-5-7-18(16)23-3/h4-9,11-13H,1,10H2,2-3H3. The van der Waals surface area contributed by atoms with Gasteiger partial charge in [-0.2, -0.15) is 16.4 Å². The summed E-state index contributed by atoms with van der Waals surface area (Å²) in [5, 5.41) is 10.8. The van der Waals surface area contributed by atoms with Crippen molar-refractivity contribution in [2.45, 2.75) is 6.92 Å². The highest BCUT2D eigenvalue weighted by molar-refractivity contribution is 7.08. The Morgan fingerprint density at radius 3 is 2.84 bits per heavy atom. The van der Waals surface area contributed by atoms with Crippen LogP contribution in [0.3, 0.4) is 0 Å². The first-order chi connectivity index (χ1) is 12.2. The Morgan fingerprint density at radius 2 is 2.12 bits per heavy atom. The Balaban J connectivity index is 2.12. The molecule has 0 amide bonds. The molecule has 0 saturated heterocycles. The molecule has 2 aromatic heterocycles. The molecule has 0 bridgehead atoms. The summed E-state index contributed by atoms with van der Waals surface area (Å²) < 4.78 is 7.37. The van der Waals surface area contributed by atoms with Crippen molar-refractivity contribution in [1.29, 1.82) is 0 Å². The molecule has 0 atom stereocenters. The summed E-state index contributed by atoms with van der Waals surface area (Å²) in [7, 11) is 1.68. The van der Waals surface area contributed by atoms with Crippen molar-refractivity contribution >= 4 is 28.9 Å². The lowest BCUT2D eigenvalue weighted by molar-refractivity contribution is 0.416. The summed E-state index contributed by atoms with van der Waals surface area (Å²) in [6.07, 6.45) is 1.85. The molecule has 0 unspecified atom stereocenters. The van der Waals surface area contributed by atoms with Gasteiger partial charge in [0.05, 0.1) is 25.6 Å². The van der Waals surface area contributed by atoms with E-state index >= 15 is 0 Å². The molecule has 25 heavy (non-hydrogen) atoms. The lowest BCUT2D eigenvalue weighted by Crippen LogP contribution is -2.13. The van der Waals surface area contributed by atoms with E-state index in [0.717, 1.165) is 32.9 Å². The minimum atomic E-state index is 0.583. The summed E-state index contributed by atoms with van der Waals surface area (Å²) in [5.41, 5.74) is 4.02. The van der Waals surface area contributed by atoms with Gasteiger partial charge in [0.25, 0.3) is 0 Å². The molecule has 128 valence electrons. The third-order valence-corrected chi connectivity index (χ3v) is 4.97. The van der Waals surface area contributed by atoms with Crippen molar-refractivity contribution in [3.05, 3.63) is 69.0 Å². The fraction of sp³-hybridized carbons (Fsp3) is 0.158. The van der Waals surface area contributed by atoms with Gasteiger partial charge < -0.3 is 4.74 Å². The number of ether oxygens (including phenoxy) is 1. The molecule has 0 fully saturated rings. The fourth-order valence-electron chi connectivity index (χ4n) is 2.24. The number of thiophene rings is 1. The summed E-state index contributed by atoms with van der Waals surface area (Å²) >= 11 is 3.21. The minimum Gasteiger partial charge on any atom is -0.496 e. The average molecular weight is 370 g/mol. The molecule has 0 radical (unpaired) electrons. The van der Waals surface area contributed by atoms with E-state index in [1.54, 1.807) is 29.8 Å². The van der Waals surface area contributed by atoms with Gasteiger partial charge in [-0.1, -0.05) is 24.3 Å². The second-order valence-electron chi connectivity index (χ2n) is 5.49. The molecule has 0 N–H and O–H groups in total. The van der Waals surface area contributed by atoms with E-state index in [1.807, 2.05) is 53.5 Å². The van der Waals surface area contributed by atoms with Crippen LogP contribution in [-0.2, 0) is 0 Å². The second kappa shape index (κ2) is 8.09. The van der Waals surface area contributed by atoms with E-state index in [2.05, 4.69) is 27.4 Å². The van der Waals surface area contributed by atoms with E-state index in [9.17, 15) is 0 Å². The van der Waals surface area contributed by atoms with Crippen LogP contribution < -0.4 is 9.54 Å². The van der Waals surface area contributed by atoms with Gasteiger partial charge >= 0.3 is 0 Å². The molecule has 3 aromatic rings. The third kappa shape index (κ3) is 4.15. The number of thiazole rings is 1. The lowest BCUT2D eigenvalue weighted by Gasteiger charge is -2.08. The van der Waals surface area contributed by atoms with Crippen LogP contribution in [0, 0.1) is 0 Å². The van der Waals surface area contributed by atoms with Gasteiger partial charge in [0.1, 0.15) is 5.75 Å². The number of aromatic nitrogens is 1. The van der Waals surface area contributed by atoms with Crippen molar-refractivity contribution in [2.75, 3.05) is 13.7 Å². The second-order valence-corrected chi connectivity index (χ2v) is 7.11. The highest BCUT2D eigenvalue weighted by Gasteiger charge is 2.11. The number of nitrogens with zero attached hydrogens (tertiary/aromatic N) is 3. The first-order valence-electron chi connectivity index (χ1n) is 7.74. The maximum absolute atomic E-state index is 5.51. The van der Waals surface area contributed by atoms with Crippen LogP contribution in [0.4, 0.5) is 0 Å². The first-order valence-corrected chi connectivity index (χ1v) is 9.56. The zero-order chi connectivity index (χ0) is 17.6. The number of hydrogen-bond donors (Lipinski definition) is 0. The first kappa shape index (κ1) is 17.4. The van der Waals surface area contributed by atoms with Crippen LogP contribution in [0.5, 0.6) is 5.75 Å². The highest BCUT2D eigenvalue weighted by atomic mass is 32.1. The molecule has 0 spiro atoms. The summed E-state index contributed by atoms with van der Waals surface area (Å²) in [5.74, 6) is 0.811. The van der Waals surface area contributed by atoms with Crippen molar-refractivity contribution in [2.24, 2.45) is 10.1 Å². The van der Waals surface area contributed by atoms with Crippen molar-refractivity contribution in [3.8, 4) is 17.0 Å². The highest BCUT2D eigenvalue weighted by Crippen LogP contribution is 2.29. The monoisotopic (exact) mass is 369 g/mol. The van der Waals surface area contributed by atoms with Crippen LogP contribution >= 0.6 is 22.7 Å². The van der Waals surface area contributed by atoms with Crippen LogP contribution in [-0.4, -0.2) is 24.5 Å². The van der Waals surface area contributed by atoms with Gasteiger partial charge in [0.2, 0.25) is 4.80 Å². The van der Waals surface area contributed by atoms with Crippen molar-refractivity contribution in [3.63, 3.8) is 0 Å². The molecule has 4 nitrogen and oxygen atoms in total. The molecule has 0 aliphatic heterocycles. The number of methoxy groups -OCH3 is 1. The van der Waals surface area contributed by atoms with Gasteiger partial charge in [-0.05, 0) is 35.9 Å². The largest absolute Gasteiger partial charge is 0.496 e. The Bertz CT molecular complexity index is 949. The van der Waals surface area contributed by atoms with Crippen molar-refractivity contribution < 1.29 is 4.74 Å². The maximum Gasteiger partial charge on any atom is 0.206 e. The molecular weight excluding hydrogens is 350 g/mol. The van der Waals surface area contributed by atoms with E-state index in [4.69, 9.17) is 4.74 Å². The molecular formula is C19H19N3OS2. The predicted molar refractivity (Wildman–Crippen MR) is 107 cm³/mol. The van der Waals surface area contributed by atoms with Gasteiger partial charge in [-0.3, -0.25) is 4.99 Å². The zero-order valence-electron chi connectivity index (χ0n) is 14.2. The molecule has 3 rings (SSSR count). The topological polar surface area (TPSA) is 38.9 Å². The smallest absolute Gasteiger partial charge is 0.206 e. The van der Waals surface area contributed by atoms with E-state index in [0.29, 0.717) is 6.54 Å². The molecule has 0 saturated carbocycles. The quantitative estimate of drug-likeness (QED) is 0.461.